The van der Waals surface area contributed by atoms with E-state index < -0.39 is 0 Å². The molecule has 18 heavy (non-hydrogen) atoms. The highest BCUT2D eigenvalue weighted by Crippen LogP contribution is 2.23. The first-order chi connectivity index (χ1) is 8.72. The van der Waals surface area contributed by atoms with Gasteiger partial charge >= 0.3 is 5.69 Å². The molecule has 0 fully saturated rings. The van der Waals surface area contributed by atoms with E-state index in [4.69, 9.17) is 0 Å². The highest BCUT2D eigenvalue weighted by atomic mass is 32.2. The van der Waals surface area contributed by atoms with Crippen LogP contribution in [0.4, 0.5) is 0 Å². The molecule has 0 aliphatic carbocycles. The fourth-order valence-electron chi connectivity index (χ4n) is 1.51. The van der Waals surface area contributed by atoms with Gasteiger partial charge in [0.15, 0.2) is 5.65 Å². The van der Waals surface area contributed by atoms with Gasteiger partial charge in [0.2, 0.25) is 0 Å². The van der Waals surface area contributed by atoms with Crippen LogP contribution in [0.2, 0.25) is 0 Å². The zero-order valence-corrected chi connectivity index (χ0v) is 10.3. The van der Waals surface area contributed by atoms with E-state index in [1.165, 1.54) is 16.3 Å². The summed E-state index contributed by atoms with van der Waals surface area (Å²) in [6.45, 7) is 2.00. The molecule has 3 rings (SSSR count). The number of hydrogen-bond acceptors (Lipinski definition) is 5. The van der Waals surface area contributed by atoms with Crippen LogP contribution in [0.5, 0.6) is 0 Å². The molecule has 0 radical (unpaired) electrons. The Morgan fingerprint density at radius 1 is 1.28 bits per heavy atom. The quantitative estimate of drug-likeness (QED) is 0.750. The molecule has 0 aliphatic rings. The van der Waals surface area contributed by atoms with Gasteiger partial charge < -0.3 is 0 Å². The summed E-state index contributed by atoms with van der Waals surface area (Å²) in [6, 6.07) is 7.45. The fraction of sp³-hybridized carbons (Fsp3) is 0.0909. The van der Waals surface area contributed by atoms with Gasteiger partial charge in [-0.3, -0.25) is 0 Å². The van der Waals surface area contributed by atoms with Crippen LogP contribution in [0, 0.1) is 6.92 Å². The topological polar surface area (TPSA) is 75.9 Å². The minimum absolute atomic E-state index is 0.343. The summed E-state index contributed by atoms with van der Waals surface area (Å²) >= 11 is 1.41. The number of hydrogen-bond donors (Lipinski definition) is 1. The van der Waals surface area contributed by atoms with Crippen molar-refractivity contribution in [1.82, 2.24) is 24.8 Å². The minimum atomic E-state index is -0.343. The Bertz CT molecular complexity index is 763. The third kappa shape index (κ3) is 2.00. The lowest BCUT2D eigenvalue weighted by atomic mass is 10.3. The number of fused-ring (bicyclic) bond motifs is 1. The number of nitrogens with one attached hydrogen (secondary N) is 1. The van der Waals surface area contributed by atoms with E-state index in [-0.39, 0.29) is 5.69 Å². The molecule has 3 aromatic rings. The van der Waals surface area contributed by atoms with Gasteiger partial charge in [0, 0.05) is 6.20 Å². The maximum absolute atomic E-state index is 11.4. The number of pyridine rings is 1. The number of H-pyrrole nitrogens is 1. The van der Waals surface area contributed by atoms with E-state index in [9.17, 15) is 4.79 Å². The first-order valence-corrected chi connectivity index (χ1v) is 6.09. The van der Waals surface area contributed by atoms with Crippen LogP contribution >= 0.6 is 11.8 Å². The monoisotopic (exact) mass is 259 g/mol. The Balaban J connectivity index is 1.99. The Kier molecular flexibility index (Phi) is 2.60. The summed E-state index contributed by atoms with van der Waals surface area (Å²) in [6.07, 6.45) is 1.75. The van der Waals surface area contributed by atoms with Gasteiger partial charge in [0.05, 0.1) is 0 Å². The van der Waals surface area contributed by atoms with Crippen molar-refractivity contribution in [1.29, 1.82) is 0 Å². The molecule has 0 bridgehead atoms. The molecule has 1 N–H and O–H groups in total. The molecular weight excluding hydrogens is 250 g/mol. The van der Waals surface area contributed by atoms with Gasteiger partial charge in [0.25, 0.3) is 0 Å². The Labute approximate surface area is 106 Å². The molecule has 7 heteroatoms. The molecule has 0 atom stereocenters. The van der Waals surface area contributed by atoms with Crippen molar-refractivity contribution in [2.45, 2.75) is 17.0 Å². The minimum Gasteiger partial charge on any atom is -0.250 e. The lowest BCUT2D eigenvalue weighted by Crippen LogP contribution is -2.12. The SMILES string of the molecule is Cc1ccnc(Sc2ccc3n[nH]c(=O)n3n2)c1. The summed E-state index contributed by atoms with van der Waals surface area (Å²) in [4.78, 5) is 15.6. The van der Waals surface area contributed by atoms with Crippen molar-refractivity contribution >= 4 is 17.4 Å². The second kappa shape index (κ2) is 4.26. The van der Waals surface area contributed by atoms with Crippen LogP contribution in [0.25, 0.3) is 5.65 Å². The van der Waals surface area contributed by atoms with Crippen molar-refractivity contribution in [3.63, 3.8) is 0 Å². The third-order valence-corrected chi connectivity index (χ3v) is 3.21. The highest BCUT2D eigenvalue weighted by Gasteiger charge is 2.05. The molecule has 6 nitrogen and oxygen atoms in total. The average molecular weight is 259 g/mol. The van der Waals surface area contributed by atoms with Crippen LogP contribution in [0.3, 0.4) is 0 Å². The number of nitrogens with zero attached hydrogens (tertiary/aromatic N) is 4. The van der Waals surface area contributed by atoms with Crippen LogP contribution < -0.4 is 5.69 Å². The van der Waals surface area contributed by atoms with Crippen molar-refractivity contribution in [2.24, 2.45) is 0 Å². The molecule has 0 spiro atoms. The van der Waals surface area contributed by atoms with Crippen molar-refractivity contribution in [3.8, 4) is 0 Å². The molecule has 3 aromatic heterocycles. The molecule has 0 aliphatic heterocycles. The molecule has 3 heterocycles. The number of aromatic nitrogens is 5. The van der Waals surface area contributed by atoms with E-state index in [1.54, 1.807) is 12.3 Å². The zero-order valence-electron chi connectivity index (χ0n) is 9.49. The smallest absolute Gasteiger partial charge is 0.250 e. The van der Waals surface area contributed by atoms with Crippen molar-refractivity contribution in [3.05, 3.63) is 46.5 Å². The maximum atomic E-state index is 11.4. The van der Waals surface area contributed by atoms with E-state index >= 15 is 0 Å². The summed E-state index contributed by atoms with van der Waals surface area (Å²) in [5.74, 6) is 0. The normalized spacial score (nSPS) is 10.9. The predicted octanol–water partition coefficient (Wildman–Crippen LogP) is 1.27. The molecule has 0 saturated carbocycles. The Morgan fingerprint density at radius 3 is 3.00 bits per heavy atom. The highest BCUT2D eigenvalue weighted by molar-refractivity contribution is 7.99. The van der Waals surface area contributed by atoms with E-state index in [0.29, 0.717) is 10.7 Å². The van der Waals surface area contributed by atoms with Crippen LogP contribution in [-0.4, -0.2) is 24.8 Å². The summed E-state index contributed by atoms with van der Waals surface area (Å²) in [7, 11) is 0. The lowest BCUT2D eigenvalue weighted by Gasteiger charge is -2.00. The number of rotatable bonds is 2. The molecule has 0 aromatic carbocycles. The standard InChI is InChI=1S/C11H9N5OS/c1-7-4-5-12-10(6-7)18-9-3-2-8-13-14-11(17)16(8)15-9/h2-6H,1H3,(H,14,17). The van der Waals surface area contributed by atoms with E-state index in [0.717, 1.165) is 10.6 Å². The molecular formula is C11H9N5OS. The first-order valence-electron chi connectivity index (χ1n) is 5.27. The van der Waals surface area contributed by atoms with Gasteiger partial charge in [-0.05, 0) is 48.5 Å². The zero-order chi connectivity index (χ0) is 12.5. The first kappa shape index (κ1) is 11.0. The van der Waals surface area contributed by atoms with Gasteiger partial charge in [0.1, 0.15) is 10.1 Å². The molecule has 90 valence electrons. The van der Waals surface area contributed by atoms with Gasteiger partial charge in [-0.15, -0.1) is 0 Å². The van der Waals surface area contributed by atoms with Gasteiger partial charge in [-0.2, -0.15) is 14.7 Å². The Hall–Kier alpha value is -2.15. The predicted molar refractivity (Wildman–Crippen MR) is 66.7 cm³/mol. The second-order valence-corrected chi connectivity index (χ2v) is 4.78. The lowest BCUT2D eigenvalue weighted by molar-refractivity contribution is 0.819. The summed E-state index contributed by atoms with van der Waals surface area (Å²) in [5, 5.41) is 11.9. The fourth-order valence-corrected chi connectivity index (χ4v) is 2.34. The van der Waals surface area contributed by atoms with Crippen molar-refractivity contribution < 1.29 is 0 Å². The van der Waals surface area contributed by atoms with Crippen LogP contribution in [0.1, 0.15) is 5.56 Å². The van der Waals surface area contributed by atoms with Crippen molar-refractivity contribution in [2.75, 3.05) is 0 Å². The summed E-state index contributed by atoms with van der Waals surface area (Å²) in [5.41, 5.74) is 1.29. The Morgan fingerprint density at radius 2 is 2.17 bits per heavy atom. The number of aromatic amines is 1. The van der Waals surface area contributed by atoms with E-state index in [1.807, 2.05) is 25.1 Å². The van der Waals surface area contributed by atoms with Gasteiger partial charge in [-0.25, -0.2) is 14.9 Å². The van der Waals surface area contributed by atoms with Crippen LogP contribution in [-0.2, 0) is 0 Å². The molecule has 0 saturated heterocycles. The second-order valence-electron chi connectivity index (χ2n) is 3.74. The summed E-state index contributed by atoms with van der Waals surface area (Å²) < 4.78 is 1.23. The van der Waals surface area contributed by atoms with Gasteiger partial charge in [-0.1, -0.05) is 0 Å². The maximum Gasteiger partial charge on any atom is 0.364 e. The van der Waals surface area contributed by atoms with Crippen LogP contribution in [0.15, 0.2) is 45.3 Å². The number of aryl methyl sites for hydroxylation is 1. The molecule has 0 unspecified atom stereocenters. The molecule has 0 amide bonds. The third-order valence-electron chi connectivity index (χ3n) is 2.35. The largest absolute Gasteiger partial charge is 0.364 e. The average Bonchev–Trinajstić information content (AvgIpc) is 2.71. The van der Waals surface area contributed by atoms with E-state index in [2.05, 4.69) is 20.3 Å².